The number of fused-ring (bicyclic) bond motifs is 1. The maximum absolute atomic E-state index is 13.4. The first-order valence-corrected chi connectivity index (χ1v) is 9.58. The van der Waals surface area contributed by atoms with Gasteiger partial charge in [-0.3, -0.25) is 4.40 Å². The quantitative estimate of drug-likeness (QED) is 0.564. The van der Waals surface area contributed by atoms with E-state index < -0.39 is 6.17 Å². The molecule has 1 saturated heterocycles. The highest BCUT2D eigenvalue weighted by atomic mass is 19.1. The summed E-state index contributed by atoms with van der Waals surface area (Å²) in [5.41, 5.74) is 3.61. The van der Waals surface area contributed by atoms with E-state index in [2.05, 4.69) is 25.3 Å². The van der Waals surface area contributed by atoms with Gasteiger partial charge in [0.1, 0.15) is 29.8 Å². The lowest BCUT2D eigenvalue weighted by molar-refractivity contribution is 0.364. The van der Waals surface area contributed by atoms with Crippen molar-refractivity contribution in [1.29, 1.82) is 0 Å². The number of alkyl halides is 1. The summed E-state index contributed by atoms with van der Waals surface area (Å²) in [7, 11) is 0. The molecule has 1 atom stereocenters. The van der Waals surface area contributed by atoms with Gasteiger partial charge in [0.15, 0.2) is 0 Å². The Bertz CT molecular complexity index is 1130. The van der Waals surface area contributed by atoms with Crippen LogP contribution in [0, 0.1) is 0 Å². The van der Waals surface area contributed by atoms with Gasteiger partial charge in [0.25, 0.3) is 0 Å². The van der Waals surface area contributed by atoms with Gasteiger partial charge in [0.2, 0.25) is 0 Å². The number of pyridine rings is 2. The molecule has 0 amide bonds. The molecule has 8 heteroatoms. The molecule has 4 aromatic rings. The van der Waals surface area contributed by atoms with Crippen LogP contribution in [-0.2, 0) is 6.54 Å². The third-order valence-electron chi connectivity index (χ3n) is 5.08. The smallest absolute Gasteiger partial charge is 0.137 e. The average molecular weight is 389 g/mol. The lowest BCUT2D eigenvalue weighted by Crippen LogP contribution is -2.21. The van der Waals surface area contributed by atoms with Crippen LogP contribution in [0.5, 0.6) is 0 Å². The predicted octanol–water partition coefficient (Wildman–Crippen LogP) is 3.35. The number of imidazole rings is 1. The minimum absolute atomic E-state index is 0.428. The average Bonchev–Trinajstić information content (AvgIpc) is 3.39. The number of hydrogen-bond acceptors (Lipinski definition) is 6. The Balaban J connectivity index is 1.28. The van der Waals surface area contributed by atoms with Gasteiger partial charge in [-0.2, -0.15) is 0 Å². The summed E-state index contributed by atoms with van der Waals surface area (Å²) in [6.07, 6.45) is 6.96. The molecule has 0 spiro atoms. The van der Waals surface area contributed by atoms with Crippen LogP contribution in [0.1, 0.15) is 12.0 Å². The molecule has 5 rings (SSSR count). The van der Waals surface area contributed by atoms with Gasteiger partial charge in [0, 0.05) is 31.5 Å². The number of rotatable bonds is 5. The van der Waals surface area contributed by atoms with Crippen molar-refractivity contribution in [1.82, 2.24) is 24.3 Å². The van der Waals surface area contributed by atoms with Crippen LogP contribution in [0.3, 0.4) is 0 Å². The van der Waals surface area contributed by atoms with Crippen LogP contribution >= 0.6 is 0 Å². The molecule has 7 nitrogen and oxygen atoms in total. The van der Waals surface area contributed by atoms with Crippen LogP contribution < -0.4 is 10.2 Å². The molecule has 1 N–H and O–H groups in total. The SMILES string of the molecule is F[C@@H]1CCN(c2ccc(CNc3cc(-c4cnc5ccccn45)ncn3)cn2)C1. The van der Waals surface area contributed by atoms with E-state index in [1.54, 1.807) is 6.33 Å². The van der Waals surface area contributed by atoms with Gasteiger partial charge in [0.05, 0.1) is 24.1 Å². The van der Waals surface area contributed by atoms with Crippen LogP contribution in [0.25, 0.3) is 17.0 Å². The van der Waals surface area contributed by atoms with Crippen molar-refractivity contribution in [3.63, 3.8) is 0 Å². The Morgan fingerprint density at radius 3 is 2.86 bits per heavy atom. The van der Waals surface area contributed by atoms with E-state index in [-0.39, 0.29) is 0 Å². The fraction of sp³-hybridized carbons (Fsp3) is 0.238. The molecule has 4 aromatic heterocycles. The number of halogens is 1. The van der Waals surface area contributed by atoms with E-state index in [9.17, 15) is 4.39 Å². The molecule has 1 aliphatic rings. The molecular weight excluding hydrogens is 369 g/mol. The highest BCUT2D eigenvalue weighted by Crippen LogP contribution is 2.22. The Morgan fingerprint density at radius 2 is 2.03 bits per heavy atom. The zero-order chi connectivity index (χ0) is 19.6. The van der Waals surface area contributed by atoms with Crippen LogP contribution in [0.2, 0.25) is 0 Å². The van der Waals surface area contributed by atoms with Crippen molar-refractivity contribution in [3.8, 4) is 11.4 Å². The van der Waals surface area contributed by atoms with Gasteiger partial charge in [-0.25, -0.2) is 24.3 Å². The monoisotopic (exact) mass is 389 g/mol. The fourth-order valence-corrected chi connectivity index (χ4v) is 3.54. The Kier molecular flexibility index (Phi) is 4.51. The zero-order valence-corrected chi connectivity index (χ0v) is 15.7. The van der Waals surface area contributed by atoms with E-state index in [4.69, 9.17) is 0 Å². The van der Waals surface area contributed by atoms with Crippen molar-refractivity contribution in [3.05, 3.63) is 66.9 Å². The van der Waals surface area contributed by atoms with Gasteiger partial charge in [-0.05, 0) is 30.2 Å². The summed E-state index contributed by atoms with van der Waals surface area (Å²) in [5.74, 6) is 1.55. The molecule has 0 aliphatic carbocycles. The number of anilines is 2. The summed E-state index contributed by atoms with van der Waals surface area (Å²) in [6, 6.07) is 11.7. The molecule has 0 saturated carbocycles. The van der Waals surface area contributed by atoms with E-state index >= 15 is 0 Å². The second kappa shape index (κ2) is 7.46. The normalized spacial score (nSPS) is 16.4. The first kappa shape index (κ1) is 17.5. The molecule has 0 bridgehead atoms. The van der Waals surface area contributed by atoms with Crippen LogP contribution in [-0.4, -0.2) is 43.6 Å². The summed E-state index contributed by atoms with van der Waals surface area (Å²) >= 11 is 0. The van der Waals surface area contributed by atoms with Crippen molar-refractivity contribution in [2.24, 2.45) is 0 Å². The van der Waals surface area contributed by atoms with E-state index in [0.717, 1.165) is 40.8 Å². The van der Waals surface area contributed by atoms with Crippen LogP contribution in [0.4, 0.5) is 16.0 Å². The fourth-order valence-electron chi connectivity index (χ4n) is 3.54. The summed E-state index contributed by atoms with van der Waals surface area (Å²) < 4.78 is 15.4. The Hall–Kier alpha value is -3.55. The van der Waals surface area contributed by atoms with Crippen molar-refractivity contribution >= 4 is 17.3 Å². The predicted molar refractivity (Wildman–Crippen MR) is 110 cm³/mol. The third kappa shape index (κ3) is 3.61. The maximum Gasteiger partial charge on any atom is 0.137 e. The zero-order valence-electron chi connectivity index (χ0n) is 15.7. The molecule has 5 heterocycles. The molecule has 1 aliphatic heterocycles. The van der Waals surface area contributed by atoms with E-state index in [0.29, 0.717) is 19.5 Å². The second-order valence-corrected chi connectivity index (χ2v) is 7.07. The molecule has 0 unspecified atom stereocenters. The van der Waals surface area contributed by atoms with E-state index in [1.807, 2.05) is 64.3 Å². The van der Waals surface area contributed by atoms with Gasteiger partial charge in [-0.1, -0.05) is 12.1 Å². The largest absolute Gasteiger partial charge is 0.366 e. The van der Waals surface area contributed by atoms with Crippen molar-refractivity contribution in [2.45, 2.75) is 19.1 Å². The van der Waals surface area contributed by atoms with Gasteiger partial charge >= 0.3 is 0 Å². The number of nitrogens with one attached hydrogen (secondary N) is 1. The number of aromatic nitrogens is 5. The second-order valence-electron chi connectivity index (χ2n) is 7.07. The van der Waals surface area contributed by atoms with Gasteiger partial charge in [-0.15, -0.1) is 0 Å². The minimum atomic E-state index is -0.752. The minimum Gasteiger partial charge on any atom is -0.366 e. The molecule has 0 aromatic carbocycles. The van der Waals surface area contributed by atoms with Crippen molar-refractivity contribution < 1.29 is 4.39 Å². The van der Waals surface area contributed by atoms with E-state index in [1.165, 1.54) is 0 Å². The van der Waals surface area contributed by atoms with Gasteiger partial charge < -0.3 is 10.2 Å². The number of nitrogens with zero attached hydrogens (tertiary/aromatic N) is 6. The summed E-state index contributed by atoms with van der Waals surface area (Å²) in [5, 5.41) is 3.31. The summed E-state index contributed by atoms with van der Waals surface area (Å²) in [4.78, 5) is 19.6. The molecule has 146 valence electrons. The molecule has 29 heavy (non-hydrogen) atoms. The lowest BCUT2D eigenvalue weighted by atomic mass is 10.2. The highest BCUT2D eigenvalue weighted by Gasteiger charge is 2.22. The third-order valence-corrected chi connectivity index (χ3v) is 5.08. The lowest BCUT2D eigenvalue weighted by Gasteiger charge is -2.16. The highest BCUT2D eigenvalue weighted by molar-refractivity contribution is 5.62. The van der Waals surface area contributed by atoms with Crippen LogP contribution in [0.15, 0.2) is 61.3 Å². The maximum atomic E-state index is 13.4. The number of hydrogen-bond donors (Lipinski definition) is 1. The Morgan fingerprint density at radius 1 is 1.07 bits per heavy atom. The Labute approximate surface area is 167 Å². The molecule has 0 radical (unpaired) electrons. The first-order chi connectivity index (χ1) is 14.3. The topological polar surface area (TPSA) is 71.2 Å². The standard InChI is InChI=1S/C21H20FN7/c22-16-6-8-28(13-16)20-5-4-15(11-24-20)10-23-19-9-17(26-14-27-19)18-12-25-21-3-1-2-7-29(18)21/h1-5,7,9,11-12,14,16H,6,8,10,13H2,(H,23,26,27)/t16-/m1/s1. The molecular formula is C21H20FN7. The van der Waals surface area contributed by atoms with Crippen molar-refractivity contribution in [2.75, 3.05) is 23.3 Å². The molecule has 1 fully saturated rings. The first-order valence-electron chi connectivity index (χ1n) is 9.58. The summed E-state index contributed by atoms with van der Waals surface area (Å²) in [6.45, 7) is 1.74.